The zero-order chi connectivity index (χ0) is 14.5. The van der Waals surface area contributed by atoms with Crippen molar-refractivity contribution in [3.63, 3.8) is 0 Å². The molecule has 0 saturated heterocycles. The zero-order valence-corrected chi connectivity index (χ0v) is 12.0. The number of carbonyl (C=O) groups excluding carboxylic acids is 1. The van der Waals surface area contributed by atoms with Crippen LogP contribution in [-0.2, 0) is 6.54 Å². The number of aromatic nitrogens is 4. The summed E-state index contributed by atoms with van der Waals surface area (Å²) in [7, 11) is 0. The van der Waals surface area contributed by atoms with E-state index >= 15 is 0 Å². The molecule has 0 saturated carbocycles. The molecule has 0 fully saturated rings. The summed E-state index contributed by atoms with van der Waals surface area (Å²) in [5, 5.41) is 14.9. The van der Waals surface area contributed by atoms with Crippen LogP contribution < -0.4 is 5.32 Å². The summed E-state index contributed by atoms with van der Waals surface area (Å²) in [6, 6.07) is 1.63. The van der Waals surface area contributed by atoms with Crippen molar-refractivity contribution >= 4 is 5.91 Å². The number of nitrogens with zero attached hydrogens (tertiary/aromatic N) is 4. The maximum atomic E-state index is 12.3. The van der Waals surface area contributed by atoms with Gasteiger partial charge in [0.05, 0.1) is 29.7 Å². The van der Waals surface area contributed by atoms with Crippen LogP contribution in [0.2, 0.25) is 0 Å². The quantitative estimate of drug-likeness (QED) is 0.902. The highest BCUT2D eigenvalue weighted by Gasteiger charge is 2.17. The number of amides is 1. The first-order chi connectivity index (χ1) is 9.65. The Bertz CT molecular complexity index is 593. The van der Waals surface area contributed by atoms with Crippen molar-refractivity contribution in [2.75, 3.05) is 0 Å². The van der Waals surface area contributed by atoms with Gasteiger partial charge in [-0.15, -0.1) is 0 Å². The monoisotopic (exact) mass is 273 g/mol. The van der Waals surface area contributed by atoms with E-state index < -0.39 is 0 Å². The molecule has 0 aliphatic heterocycles. The van der Waals surface area contributed by atoms with Crippen LogP contribution in [0.3, 0.4) is 0 Å². The smallest absolute Gasteiger partial charge is 0.253 e. The molecule has 6 heteroatoms. The predicted octanol–water partition coefficient (Wildman–Crippen LogP) is 1.88. The van der Waals surface area contributed by atoms with E-state index in [1.54, 1.807) is 19.2 Å². The molecule has 1 unspecified atom stereocenters. The maximum absolute atomic E-state index is 12.3. The molecule has 0 aliphatic rings. The van der Waals surface area contributed by atoms with Crippen LogP contribution in [0.25, 0.3) is 0 Å². The molecule has 6 nitrogen and oxygen atoms in total. The van der Waals surface area contributed by atoms with Crippen molar-refractivity contribution < 1.29 is 4.79 Å². The molecule has 0 spiro atoms. The Morgan fingerprint density at radius 1 is 1.45 bits per heavy atom. The lowest BCUT2D eigenvalue weighted by atomic mass is 10.1. The van der Waals surface area contributed by atoms with Gasteiger partial charge in [-0.2, -0.15) is 15.3 Å². The van der Waals surface area contributed by atoms with E-state index in [2.05, 4.69) is 20.6 Å². The van der Waals surface area contributed by atoms with Gasteiger partial charge in [-0.3, -0.25) is 9.48 Å². The minimum atomic E-state index is -0.131. The number of hydrogen-bond donors (Lipinski definition) is 1. The Labute approximate surface area is 118 Å². The number of rotatable bonds is 5. The summed E-state index contributed by atoms with van der Waals surface area (Å²) < 4.78 is 1.85. The van der Waals surface area contributed by atoms with E-state index in [0.717, 1.165) is 18.5 Å². The summed E-state index contributed by atoms with van der Waals surface area (Å²) >= 11 is 0. The lowest BCUT2D eigenvalue weighted by Gasteiger charge is -2.15. The molecule has 2 rings (SSSR count). The van der Waals surface area contributed by atoms with E-state index in [-0.39, 0.29) is 11.9 Å². The molecule has 1 N–H and O–H groups in total. The van der Waals surface area contributed by atoms with E-state index in [1.165, 1.54) is 6.20 Å². The van der Waals surface area contributed by atoms with Crippen molar-refractivity contribution in [2.45, 2.75) is 39.8 Å². The van der Waals surface area contributed by atoms with Gasteiger partial charge in [0.1, 0.15) is 0 Å². The van der Waals surface area contributed by atoms with Gasteiger partial charge in [0.25, 0.3) is 5.91 Å². The maximum Gasteiger partial charge on any atom is 0.253 e. The Morgan fingerprint density at radius 2 is 2.25 bits per heavy atom. The molecule has 20 heavy (non-hydrogen) atoms. The fraction of sp³-hybridized carbons (Fsp3) is 0.429. The lowest BCUT2D eigenvalue weighted by Crippen LogP contribution is -2.28. The summed E-state index contributed by atoms with van der Waals surface area (Å²) in [4.78, 5) is 12.3. The standard InChI is InChI=1S/C14H19N5O/c1-4-13(11-8-16-19(5-2)9-11)17-14(20)12-6-7-15-18-10(12)3/h6-9,13H,4-5H2,1-3H3,(H,17,20). The van der Waals surface area contributed by atoms with Crippen LogP contribution in [0, 0.1) is 6.92 Å². The first-order valence-electron chi connectivity index (χ1n) is 6.77. The number of aryl methyl sites for hydroxylation is 2. The average molecular weight is 273 g/mol. The Kier molecular flexibility index (Phi) is 4.45. The van der Waals surface area contributed by atoms with Crippen molar-refractivity contribution in [1.29, 1.82) is 0 Å². The second kappa shape index (κ2) is 6.27. The summed E-state index contributed by atoms with van der Waals surface area (Å²) in [6.45, 7) is 6.66. The van der Waals surface area contributed by atoms with Gasteiger partial charge in [-0.25, -0.2) is 0 Å². The van der Waals surface area contributed by atoms with Crippen molar-refractivity contribution in [3.05, 3.63) is 41.5 Å². The summed E-state index contributed by atoms with van der Waals surface area (Å²) in [5.74, 6) is -0.131. The van der Waals surface area contributed by atoms with Crippen LogP contribution in [0.1, 0.15) is 47.9 Å². The van der Waals surface area contributed by atoms with Crippen LogP contribution >= 0.6 is 0 Å². The van der Waals surface area contributed by atoms with Gasteiger partial charge < -0.3 is 5.32 Å². The fourth-order valence-electron chi connectivity index (χ4n) is 2.03. The van der Waals surface area contributed by atoms with E-state index in [0.29, 0.717) is 11.3 Å². The largest absolute Gasteiger partial charge is 0.345 e. The third-order valence-corrected chi connectivity index (χ3v) is 3.24. The molecule has 0 aromatic carbocycles. The summed E-state index contributed by atoms with van der Waals surface area (Å²) in [6.07, 6.45) is 6.10. The molecule has 2 aromatic rings. The molecular formula is C14H19N5O. The third kappa shape index (κ3) is 3.01. The third-order valence-electron chi connectivity index (χ3n) is 3.24. The highest BCUT2D eigenvalue weighted by Crippen LogP contribution is 2.17. The van der Waals surface area contributed by atoms with Crippen LogP contribution in [-0.4, -0.2) is 25.9 Å². The van der Waals surface area contributed by atoms with Gasteiger partial charge in [-0.05, 0) is 26.3 Å². The molecule has 2 heterocycles. The predicted molar refractivity (Wildman–Crippen MR) is 75.2 cm³/mol. The fourth-order valence-corrected chi connectivity index (χ4v) is 2.03. The van der Waals surface area contributed by atoms with E-state index in [9.17, 15) is 4.79 Å². The van der Waals surface area contributed by atoms with E-state index in [4.69, 9.17) is 0 Å². The lowest BCUT2D eigenvalue weighted by molar-refractivity contribution is 0.0934. The highest BCUT2D eigenvalue weighted by molar-refractivity contribution is 5.95. The molecule has 0 radical (unpaired) electrons. The number of hydrogen-bond acceptors (Lipinski definition) is 4. The van der Waals surface area contributed by atoms with Gasteiger partial charge in [0, 0.05) is 18.3 Å². The Hall–Kier alpha value is -2.24. The molecule has 2 aromatic heterocycles. The first-order valence-corrected chi connectivity index (χ1v) is 6.77. The van der Waals surface area contributed by atoms with E-state index in [1.807, 2.05) is 24.7 Å². The zero-order valence-electron chi connectivity index (χ0n) is 12.0. The van der Waals surface area contributed by atoms with Crippen molar-refractivity contribution in [2.24, 2.45) is 0 Å². The minimum Gasteiger partial charge on any atom is -0.345 e. The van der Waals surface area contributed by atoms with Crippen LogP contribution in [0.15, 0.2) is 24.7 Å². The van der Waals surface area contributed by atoms with Crippen molar-refractivity contribution in [1.82, 2.24) is 25.3 Å². The SMILES string of the molecule is CCC(NC(=O)c1ccnnc1C)c1cnn(CC)c1. The summed E-state index contributed by atoms with van der Waals surface area (Å²) in [5.41, 5.74) is 2.20. The number of carbonyl (C=O) groups is 1. The second-order valence-corrected chi connectivity index (χ2v) is 4.59. The highest BCUT2D eigenvalue weighted by atomic mass is 16.1. The van der Waals surface area contributed by atoms with Crippen LogP contribution in [0.4, 0.5) is 0 Å². The minimum absolute atomic E-state index is 0.0460. The van der Waals surface area contributed by atoms with Gasteiger partial charge in [0.2, 0.25) is 0 Å². The average Bonchev–Trinajstić information content (AvgIpc) is 2.93. The topological polar surface area (TPSA) is 72.7 Å². The van der Waals surface area contributed by atoms with Gasteiger partial charge >= 0.3 is 0 Å². The van der Waals surface area contributed by atoms with Crippen molar-refractivity contribution in [3.8, 4) is 0 Å². The molecule has 0 aliphatic carbocycles. The van der Waals surface area contributed by atoms with Gasteiger partial charge in [-0.1, -0.05) is 6.92 Å². The molecule has 1 atom stereocenters. The molecular weight excluding hydrogens is 254 g/mol. The first kappa shape index (κ1) is 14.2. The number of nitrogens with one attached hydrogen (secondary N) is 1. The normalized spacial score (nSPS) is 12.2. The molecule has 1 amide bonds. The molecule has 0 bridgehead atoms. The van der Waals surface area contributed by atoms with Gasteiger partial charge in [0.15, 0.2) is 0 Å². The molecule has 106 valence electrons. The Morgan fingerprint density at radius 3 is 2.85 bits per heavy atom. The Balaban J connectivity index is 2.14. The second-order valence-electron chi connectivity index (χ2n) is 4.59. The van der Waals surface area contributed by atoms with Crippen LogP contribution in [0.5, 0.6) is 0 Å².